The molecule has 1 N–H and O–H groups in total. The first kappa shape index (κ1) is 21.2. The number of ether oxygens (including phenoxy) is 2. The van der Waals surface area contributed by atoms with Gasteiger partial charge >= 0.3 is 0 Å². The van der Waals surface area contributed by atoms with E-state index in [1.807, 2.05) is 0 Å². The molecule has 0 heterocycles. The summed E-state index contributed by atoms with van der Waals surface area (Å²) < 4.78 is 36.0. The predicted molar refractivity (Wildman–Crippen MR) is 109 cm³/mol. The van der Waals surface area contributed by atoms with Crippen molar-refractivity contribution >= 4 is 27.8 Å². The van der Waals surface area contributed by atoms with Crippen LogP contribution in [0.3, 0.4) is 0 Å². The van der Waals surface area contributed by atoms with Crippen LogP contribution in [0.2, 0.25) is 0 Å². The Hall–Kier alpha value is -3.07. The molecule has 2 aromatic carbocycles. The lowest BCUT2D eigenvalue weighted by atomic mass is 10.2. The fraction of sp³-hybridized carbons (Fsp3) is 0.263. The van der Waals surface area contributed by atoms with Crippen molar-refractivity contribution in [3.8, 4) is 11.5 Å². The van der Waals surface area contributed by atoms with E-state index in [-0.39, 0.29) is 0 Å². The molecule has 1 amide bonds. The molecule has 9 heteroatoms. The maximum absolute atomic E-state index is 12.2. The average Bonchev–Trinajstić information content (AvgIpc) is 2.67. The van der Waals surface area contributed by atoms with Crippen LogP contribution < -0.4 is 19.2 Å². The number of rotatable bonds is 9. The summed E-state index contributed by atoms with van der Waals surface area (Å²) in [5.74, 6) is 0.504. The number of nitrogens with zero attached hydrogens (tertiary/aromatic N) is 2. The molecule has 0 fully saturated rings. The summed E-state index contributed by atoms with van der Waals surface area (Å²) in [4.78, 5) is 12.2. The van der Waals surface area contributed by atoms with Gasteiger partial charge in [0, 0.05) is 0 Å². The van der Waals surface area contributed by atoms with Crippen LogP contribution in [0.25, 0.3) is 0 Å². The van der Waals surface area contributed by atoms with Crippen LogP contribution in [0.1, 0.15) is 12.5 Å². The van der Waals surface area contributed by atoms with Crippen molar-refractivity contribution in [2.24, 2.45) is 5.10 Å². The molecule has 0 spiro atoms. The Labute approximate surface area is 164 Å². The zero-order valence-corrected chi connectivity index (χ0v) is 16.8. The van der Waals surface area contributed by atoms with Crippen LogP contribution in [-0.2, 0) is 14.8 Å². The number of carbonyl (C=O) groups is 1. The summed E-state index contributed by atoms with van der Waals surface area (Å²) in [6.07, 6.45) is 2.49. The molecule has 0 unspecified atom stereocenters. The van der Waals surface area contributed by atoms with E-state index in [0.717, 1.165) is 16.1 Å². The van der Waals surface area contributed by atoms with Gasteiger partial charge in [-0.2, -0.15) is 5.10 Å². The molecule has 0 atom stereocenters. The van der Waals surface area contributed by atoms with Gasteiger partial charge in [-0.3, -0.25) is 9.10 Å². The second-order valence-electron chi connectivity index (χ2n) is 5.74. The highest BCUT2D eigenvalue weighted by atomic mass is 32.2. The van der Waals surface area contributed by atoms with Crippen molar-refractivity contribution in [1.82, 2.24) is 5.43 Å². The summed E-state index contributed by atoms with van der Waals surface area (Å²) >= 11 is 0. The Bertz CT molecular complexity index is 927. The normalized spacial score (nSPS) is 11.2. The molecule has 2 rings (SSSR count). The number of sulfonamides is 1. The number of hydrogen-bond acceptors (Lipinski definition) is 6. The molecule has 0 saturated carbocycles. The molecular weight excluding hydrogens is 382 g/mol. The Kier molecular flexibility index (Phi) is 7.39. The van der Waals surface area contributed by atoms with Crippen molar-refractivity contribution in [2.45, 2.75) is 6.92 Å². The Morgan fingerprint density at radius 2 is 1.86 bits per heavy atom. The highest BCUT2D eigenvalue weighted by Crippen LogP contribution is 2.29. The summed E-state index contributed by atoms with van der Waals surface area (Å²) in [7, 11) is -2.14. The molecule has 150 valence electrons. The van der Waals surface area contributed by atoms with Gasteiger partial charge in [0.25, 0.3) is 5.91 Å². The summed E-state index contributed by atoms with van der Waals surface area (Å²) in [5.41, 5.74) is 3.38. The van der Waals surface area contributed by atoms with E-state index in [1.165, 1.54) is 6.21 Å². The number of nitrogens with one attached hydrogen (secondary N) is 1. The lowest BCUT2D eigenvalue weighted by Crippen LogP contribution is -2.39. The molecule has 0 bridgehead atoms. The third-order valence-corrected chi connectivity index (χ3v) is 4.77. The third-order valence-electron chi connectivity index (χ3n) is 3.64. The smallest absolute Gasteiger partial charge is 0.260 e. The maximum atomic E-state index is 12.2. The lowest BCUT2D eigenvalue weighted by molar-refractivity contribution is -0.119. The highest BCUT2D eigenvalue weighted by molar-refractivity contribution is 7.92. The minimum Gasteiger partial charge on any atom is -0.497 e. The largest absolute Gasteiger partial charge is 0.497 e. The molecule has 0 radical (unpaired) electrons. The van der Waals surface area contributed by atoms with E-state index in [0.29, 0.717) is 23.8 Å². The molecule has 8 nitrogen and oxygen atoms in total. The summed E-state index contributed by atoms with van der Waals surface area (Å²) in [6.45, 7) is 1.73. The summed E-state index contributed by atoms with van der Waals surface area (Å²) in [5, 5.41) is 3.87. The molecule has 0 aliphatic carbocycles. The molecular formula is C19H23N3O5S. The van der Waals surface area contributed by atoms with Gasteiger partial charge in [0.1, 0.15) is 18.0 Å². The Morgan fingerprint density at radius 1 is 1.18 bits per heavy atom. The van der Waals surface area contributed by atoms with Gasteiger partial charge in [-0.05, 0) is 48.9 Å². The number of hydrazone groups is 1. The number of para-hydroxylation sites is 2. The first-order chi connectivity index (χ1) is 13.3. The topological polar surface area (TPSA) is 97.3 Å². The quantitative estimate of drug-likeness (QED) is 0.508. The van der Waals surface area contributed by atoms with Gasteiger partial charge in [-0.1, -0.05) is 12.1 Å². The van der Waals surface area contributed by atoms with Crippen LogP contribution in [-0.4, -0.2) is 47.1 Å². The standard InChI is InChI=1S/C19H23N3O5S/c1-4-27-18-8-6-5-7-17(18)22(28(3,24)25)14-19(23)21-20-13-15-9-11-16(26-2)12-10-15/h5-13H,4,14H2,1-3H3,(H,21,23)/b20-13-. The van der Waals surface area contributed by atoms with Gasteiger partial charge in [0.15, 0.2) is 0 Å². The highest BCUT2D eigenvalue weighted by Gasteiger charge is 2.23. The van der Waals surface area contributed by atoms with Gasteiger partial charge < -0.3 is 9.47 Å². The van der Waals surface area contributed by atoms with E-state index >= 15 is 0 Å². The average molecular weight is 405 g/mol. The second-order valence-corrected chi connectivity index (χ2v) is 7.64. The lowest BCUT2D eigenvalue weighted by Gasteiger charge is -2.23. The van der Waals surface area contributed by atoms with Crippen LogP contribution in [0.15, 0.2) is 53.6 Å². The van der Waals surface area contributed by atoms with Crippen molar-refractivity contribution in [2.75, 3.05) is 30.8 Å². The Balaban J connectivity index is 2.10. The van der Waals surface area contributed by atoms with E-state index in [9.17, 15) is 13.2 Å². The van der Waals surface area contributed by atoms with Gasteiger partial charge in [-0.25, -0.2) is 13.8 Å². The van der Waals surface area contributed by atoms with E-state index < -0.39 is 22.5 Å². The first-order valence-corrected chi connectivity index (χ1v) is 10.4. The van der Waals surface area contributed by atoms with Crippen LogP contribution in [0.4, 0.5) is 5.69 Å². The number of carbonyl (C=O) groups excluding carboxylic acids is 1. The maximum Gasteiger partial charge on any atom is 0.260 e. The van der Waals surface area contributed by atoms with Crippen molar-refractivity contribution < 1.29 is 22.7 Å². The van der Waals surface area contributed by atoms with Crippen molar-refractivity contribution in [3.05, 3.63) is 54.1 Å². The van der Waals surface area contributed by atoms with Crippen LogP contribution in [0.5, 0.6) is 11.5 Å². The number of amides is 1. The van der Waals surface area contributed by atoms with E-state index in [2.05, 4.69) is 10.5 Å². The molecule has 0 aliphatic rings. The zero-order valence-electron chi connectivity index (χ0n) is 16.0. The predicted octanol–water partition coefficient (Wildman–Crippen LogP) is 2.01. The molecule has 2 aromatic rings. The minimum absolute atomic E-state index is 0.293. The van der Waals surface area contributed by atoms with Gasteiger partial charge in [0.2, 0.25) is 10.0 Å². The monoisotopic (exact) mass is 405 g/mol. The first-order valence-electron chi connectivity index (χ1n) is 8.50. The number of hydrogen-bond donors (Lipinski definition) is 1. The van der Waals surface area contributed by atoms with Crippen LogP contribution >= 0.6 is 0 Å². The number of benzene rings is 2. The number of anilines is 1. The molecule has 28 heavy (non-hydrogen) atoms. The third kappa shape index (κ3) is 5.98. The number of methoxy groups -OCH3 is 1. The molecule has 0 saturated heterocycles. The SMILES string of the molecule is CCOc1ccccc1N(CC(=O)N/N=C\c1ccc(OC)cc1)S(C)(=O)=O. The fourth-order valence-corrected chi connectivity index (χ4v) is 3.22. The van der Waals surface area contributed by atoms with E-state index in [1.54, 1.807) is 62.6 Å². The fourth-order valence-electron chi connectivity index (χ4n) is 2.36. The Morgan fingerprint density at radius 3 is 2.46 bits per heavy atom. The van der Waals surface area contributed by atoms with Crippen LogP contribution in [0, 0.1) is 0 Å². The van der Waals surface area contributed by atoms with Crippen molar-refractivity contribution in [1.29, 1.82) is 0 Å². The zero-order chi connectivity index (χ0) is 20.6. The van der Waals surface area contributed by atoms with Gasteiger partial charge in [-0.15, -0.1) is 0 Å². The molecule has 0 aliphatic heterocycles. The van der Waals surface area contributed by atoms with Crippen molar-refractivity contribution in [3.63, 3.8) is 0 Å². The summed E-state index contributed by atoms with van der Waals surface area (Å²) in [6, 6.07) is 13.7. The second kappa shape index (κ2) is 9.75. The minimum atomic E-state index is -3.71. The van der Waals surface area contributed by atoms with Gasteiger partial charge in [0.05, 0.1) is 31.9 Å². The van der Waals surface area contributed by atoms with E-state index in [4.69, 9.17) is 9.47 Å². The molecule has 0 aromatic heterocycles.